The molecule has 3 aromatic heterocycles. The number of hydrogen-bond acceptors (Lipinski definition) is 15. The van der Waals surface area contributed by atoms with Gasteiger partial charge >= 0.3 is 0 Å². The average molecular weight is 1100 g/mol. The van der Waals surface area contributed by atoms with Crippen LogP contribution in [0.1, 0.15) is 128 Å². The van der Waals surface area contributed by atoms with Crippen molar-refractivity contribution in [1.29, 1.82) is 0 Å². The Morgan fingerprint density at radius 3 is 2.49 bits per heavy atom. The fraction of sp³-hybridized carbons (Fsp3) is 0.459. The number of hydroxylamine groups is 1. The molecule has 6 aromatic rings. The first-order chi connectivity index (χ1) is 37.8. The molecule has 1 atom stereocenters. The maximum absolute atomic E-state index is 14.9. The molecular weight excluding hydrogens is 1020 g/mol. The third-order valence-corrected chi connectivity index (χ3v) is 18.8. The van der Waals surface area contributed by atoms with Crippen LogP contribution < -0.4 is 29.5 Å². The van der Waals surface area contributed by atoms with E-state index >= 15 is 0 Å². The summed E-state index contributed by atoms with van der Waals surface area (Å²) in [5.41, 5.74) is 5.92. The van der Waals surface area contributed by atoms with Crippen LogP contribution in [-0.4, -0.2) is 104 Å². The van der Waals surface area contributed by atoms with Crippen molar-refractivity contribution in [2.45, 2.75) is 121 Å². The number of aromatic nitrogens is 2. The highest BCUT2D eigenvalue weighted by Crippen LogP contribution is 2.54. The predicted molar refractivity (Wildman–Crippen MR) is 305 cm³/mol. The molecule has 1 amide bonds. The van der Waals surface area contributed by atoms with E-state index in [2.05, 4.69) is 85.0 Å². The molecule has 0 bridgehead atoms. The minimum Gasteiger partial charge on any atom is -0.758 e. The van der Waals surface area contributed by atoms with Gasteiger partial charge in [0, 0.05) is 93.2 Å². The maximum atomic E-state index is 14.9. The number of halogens is 1. The predicted octanol–water partition coefficient (Wildman–Crippen LogP) is 11.0. The summed E-state index contributed by atoms with van der Waals surface area (Å²) in [6.45, 7) is 14.1. The SMILES string of the molecule is COc1ccc(CN2CCN(C3CC4(CCN(c5ccc(C(=O)NS(=O)(=O)c6cnc(NCC7CCC(C)(O)CC7)c(N(C)[O-])c6)c(Oc6cnc7c(c6)C(F)=CC7)c5)CC4)C3)[C@H](c3ccccc3C(C)C)C2)c2cc(C)oc12. The second kappa shape index (κ2) is 21.8. The lowest BCUT2D eigenvalue weighted by atomic mass is 9.59. The zero-order valence-electron chi connectivity index (χ0n) is 46.1. The minimum atomic E-state index is -4.57. The van der Waals surface area contributed by atoms with Gasteiger partial charge in [-0.15, -0.1) is 0 Å². The number of carbonyl (C=O) groups excluding carboxylic acids is 1. The summed E-state index contributed by atoms with van der Waals surface area (Å²) < 4.78 is 63.1. The number of allylic oxidation sites excluding steroid dienone is 1. The van der Waals surface area contributed by atoms with Gasteiger partial charge in [-0.25, -0.2) is 22.5 Å². The van der Waals surface area contributed by atoms with Gasteiger partial charge in [0.2, 0.25) is 0 Å². The average Bonchev–Trinajstić information content (AvgIpc) is 4.13. The van der Waals surface area contributed by atoms with Gasteiger partial charge in [-0.1, -0.05) is 44.2 Å². The van der Waals surface area contributed by atoms with Gasteiger partial charge in [0.25, 0.3) is 15.9 Å². The molecule has 5 heterocycles. The van der Waals surface area contributed by atoms with Crippen LogP contribution in [0.15, 0.2) is 101 Å². The molecule has 4 fully saturated rings. The molecule has 2 saturated heterocycles. The van der Waals surface area contributed by atoms with Gasteiger partial charge in [-0.3, -0.25) is 19.6 Å². The second-order valence-electron chi connectivity index (χ2n) is 23.3. The first-order valence-electron chi connectivity index (χ1n) is 27.8. The van der Waals surface area contributed by atoms with Crippen LogP contribution >= 0.6 is 0 Å². The molecule has 418 valence electrons. The number of hydrogen-bond donors (Lipinski definition) is 3. The Morgan fingerprint density at radius 2 is 1.75 bits per heavy atom. The van der Waals surface area contributed by atoms with Crippen LogP contribution in [0.2, 0.25) is 0 Å². The van der Waals surface area contributed by atoms with Gasteiger partial charge < -0.3 is 39.5 Å². The minimum absolute atomic E-state index is 0.0132. The number of sulfonamides is 1. The van der Waals surface area contributed by atoms with Gasteiger partial charge in [-0.05, 0) is 149 Å². The summed E-state index contributed by atoms with van der Waals surface area (Å²) in [5, 5.41) is 28.0. The highest BCUT2D eigenvalue weighted by Gasteiger charge is 2.50. The molecule has 2 saturated carbocycles. The molecule has 5 aliphatic rings. The highest BCUT2D eigenvalue weighted by molar-refractivity contribution is 7.90. The smallest absolute Gasteiger partial charge is 0.268 e. The van der Waals surface area contributed by atoms with Crippen molar-refractivity contribution in [3.05, 3.63) is 136 Å². The fourth-order valence-corrected chi connectivity index (χ4v) is 13.9. The molecule has 79 heavy (non-hydrogen) atoms. The quantitative estimate of drug-likeness (QED) is 0.0776. The molecule has 16 nitrogen and oxygen atoms in total. The van der Waals surface area contributed by atoms with Crippen molar-refractivity contribution >= 4 is 49.9 Å². The molecule has 3 N–H and O–H groups in total. The van der Waals surface area contributed by atoms with Gasteiger partial charge in [0.1, 0.15) is 33.8 Å². The summed E-state index contributed by atoms with van der Waals surface area (Å²) in [6, 6.07) is 23.8. The summed E-state index contributed by atoms with van der Waals surface area (Å²) in [6.07, 6.45) is 11.5. The number of ether oxygens (including phenoxy) is 2. The van der Waals surface area contributed by atoms with Crippen molar-refractivity contribution in [2.75, 3.05) is 68.7 Å². The van der Waals surface area contributed by atoms with Crippen LogP contribution in [0.3, 0.4) is 0 Å². The van der Waals surface area contributed by atoms with Crippen LogP contribution in [0, 0.1) is 23.5 Å². The number of aryl methyl sites for hydroxylation is 1. The van der Waals surface area contributed by atoms with Gasteiger partial charge in [-0.2, -0.15) is 0 Å². The highest BCUT2D eigenvalue weighted by atomic mass is 32.2. The number of rotatable bonds is 16. The monoisotopic (exact) mass is 1100 g/mol. The second-order valence-corrected chi connectivity index (χ2v) is 25.0. The summed E-state index contributed by atoms with van der Waals surface area (Å²) in [4.78, 5) is 30.2. The number of piperazine rings is 1. The lowest BCUT2D eigenvalue weighted by Gasteiger charge is -2.58. The third kappa shape index (κ3) is 11.3. The van der Waals surface area contributed by atoms with Crippen molar-refractivity contribution in [2.24, 2.45) is 11.3 Å². The van der Waals surface area contributed by atoms with Crippen LogP contribution in [-0.2, 0) is 23.0 Å². The lowest BCUT2D eigenvalue weighted by molar-refractivity contribution is -0.0627. The Morgan fingerprint density at radius 1 is 0.975 bits per heavy atom. The van der Waals surface area contributed by atoms with E-state index in [4.69, 9.17) is 13.9 Å². The molecule has 3 aliphatic carbocycles. The standard InChI is InChI=1S/C61H72FN8O8S/c1-38(2)46-9-7-8-10-47(46)54-37-68(36-41-11-16-55(76-6)57-49(41)27-39(3)77-57)25-26-70(54)43-31-61(32-43)21-23-69(24-22-61)42-12-13-48(56(28-42)78-44-29-50-51(62)14-15-52(50)63-34-44)59(71)66-79(74,75)45-30-53(67(5)73)58(65-35-45)64-33-40-17-19-60(4,72)20-18-40/h7-14,16,27-30,34-35,38,40,43,54,72H,15,17-26,31-33,36-37H2,1-6H3,(H,64,65)(H,66,71)/q-1/t40?,54-,60?/m0/s1. The Balaban J connectivity index is 0.787. The summed E-state index contributed by atoms with van der Waals surface area (Å²) in [7, 11) is -1.64. The zero-order chi connectivity index (χ0) is 55.4. The molecule has 0 unspecified atom stereocenters. The third-order valence-electron chi connectivity index (χ3n) is 17.5. The van der Waals surface area contributed by atoms with E-state index in [0.717, 1.165) is 112 Å². The molecular formula is C61H72FN8O8S-. The van der Waals surface area contributed by atoms with Crippen LogP contribution in [0.5, 0.6) is 17.2 Å². The summed E-state index contributed by atoms with van der Waals surface area (Å²) >= 11 is 0. The Labute approximate surface area is 462 Å². The molecule has 3 aromatic carbocycles. The lowest BCUT2D eigenvalue weighted by Crippen LogP contribution is -2.60. The van der Waals surface area contributed by atoms with E-state index in [0.29, 0.717) is 54.1 Å². The van der Waals surface area contributed by atoms with E-state index in [1.807, 2.05) is 19.9 Å². The first kappa shape index (κ1) is 54.4. The number of amides is 1. The molecule has 0 radical (unpaired) electrons. The van der Waals surface area contributed by atoms with Gasteiger partial charge in [0.05, 0.1) is 35.9 Å². The van der Waals surface area contributed by atoms with Crippen molar-refractivity contribution in [3.8, 4) is 17.2 Å². The molecule has 1 spiro atoms. The van der Waals surface area contributed by atoms with Crippen molar-refractivity contribution in [3.63, 3.8) is 0 Å². The largest absolute Gasteiger partial charge is 0.758 e. The fourth-order valence-electron chi connectivity index (χ4n) is 12.9. The van der Waals surface area contributed by atoms with E-state index in [1.165, 1.54) is 48.1 Å². The van der Waals surface area contributed by atoms with E-state index in [-0.39, 0.29) is 50.8 Å². The number of methoxy groups -OCH3 is 1. The number of piperidine rings is 1. The number of carbonyl (C=O) groups is 1. The van der Waals surface area contributed by atoms with Crippen molar-refractivity contribution < 1.29 is 36.6 Å². The Kier molecular flexibility index (Phi) is 15.0. The molecule has 2 aliphatic heterocycles. The number of furan rings is 1. The Hall–Kier alpha value is -6.57. The number of benzene rings is 3. The van der Waals surface area contributed by atoms with Crippen LogP contribution in [0.4, 0.5) is 21.6 Å². The first-order valence-corrected chi connectivity index (χ1v) is 29.3. The van der Waals surface area contributed by atoms with E-state index in [9.17, 15) is 27.9 Å². The van der Waals surface area contributed by atoms with Crippen LogP contribution in [0.25, 0.3) is 16.8 Å². The number of nitrogens with zero attached hydrogens (tertiary/aromatic N) is 6. The van der Waals surface area contributed by atoms with E-state index in [1.54, 1.807) is 25.3 Å². The topological polar surface area (TPSA) is 189 Å². The number of nitrogens with one attached hydrogen (secondary N) is 2. The summed E-state index contributed by atoms with van der Waals surface area (Å²) in [5.74, 6) is 1.33. The van der Waals surface area contributed by atoms with Gasteiger partial charge in [0.15, 0.2) is 11.3 Å². The normalized spacial score (nSPS) is 21.7. The number of anilines is 3. The van der Waals surface area contributed by atoms with Crippen molar-refractivity contribution in [1.82, 2.24) is 24.5 Å². The Bertz CT molecular complexity index is 3390. The number of fused-ring (bicyclic) bond motifs is 2. The zero-order valence-corrected chi connectivity index (χ0v) is 46.9. The molecule has 11 rings (SSSR count). The number of pyridine rings is 2. The van der Waals surface area contributed by atoms with E-state index < -0.39 is 27.4 Å². The maximum Gasteiger partial charge on any atom is 0.268 e. The number of aliphatic hydroxyl groups is 1. The molecule has 18 heteroatoms.